The largest absolute Gasteiger partial charge is 0.395 e. The van der Waals surface area contributed by atoms with Gasteiger partial charge in [-0.25, -0.2) is 0 Å². The number of halogens is 2. The van der Waals surface area contributed by atoms with Gasteiger partial charge in [0, 0.05) is 42.4 Å². The van der Waals surface area contributed by atoms with Crippen LogP contribution in [0.25, 0.3) is 0 Å². The van der Waals surface area contributed by atoms with Crippen LogP contribution in [0.4, 0.5) is 0 Å². The molecule has 1 N–H and O–H groups in total. The Morgan fingerprint density at radius 1 is 1.26 bits per heavy atom. The van der Waals surface area contributed by atoms with Gasteiger partial charge in [-0.3, -0.25) is 4.90 Å². The van der Waals surface area contributed by atoms with Crippen LogP contribution >= 0.6 is 35.0 Å². The van der Waals surface area contributed by atoms with E-state index in [4.69, 9.17) is 33.0 Å². The third-order valence-electron chi connectivity index (χ3n) is 2.59. The molecule has 1 rings (SSSR count). The van der Waals surface area contributed by atoms with Gasteiger partial charge in [-0.05, 0) is 18.2 Å². The van der Waals surface area contributed by atoms with Crippen LogP contribution in [0.5, 0.6) is 0 Å². The predicted octanol–water partition coefficient (Wildman–Crippen LogP) is 3.03. The molecule has 1 aromatic rings. The molecular formula is C13H19Cl2NO2S. The molecule has 0 aliphatic rings. The molecule has 0 bridgehead atoms. The molecule has 3 nitrogen and oxygen atoms in total. The molecule has 0 saturated heterocycles. The van der Waals surface area contributed by atoms with Crippen molar-refractivity contribution in [3.8, 4) is 0 Å². The first-order valence-corrected chi connectivity index (χ1v) is 7.81. The lowest BCUT2D eigenvalue weighted by molar-refractivity contribution is 0.135. The molecule has 19 heavy (non-hydrogen) atoms. The van der Waals surface area contributed by atoms with Crippen molar-refractivity contribution in [1.82, 2.24) is 4.90 Å². The third kappa shape index (κ3) is 6.84. The highest BCUT2D eigenvalue weighted by molar-refractivity contribution is 7.99. The van der Waals surface area contributed by atoms with Crippen LogP contribution in [-0.4, -0.2) is 55.7 Å². The number of nitrogens with zero attached hydrogens (tertiary/aromatic N) is 1. The van der Waals surface area contributed by atoms with Crippen LogP contribution in [0.1, 0.15) is 0 Å². The summed E-state index contributed by atoms with van der Waals surface area (Å²) in [5.41, 5.74) is 0. The van der Waals surface area contributed by atoms with Crippen LogP contribution in [0, 0.1) is 0 Å². The van der Waals surface area contributed by atoms with Crippen molar-refractivity contribution in [3.05, 3.63) is 28.2 Å². The first kappa shape index (κ1) is 17.1. The van der Waals surface area contributed by atoms with Gasteiger partial charge >= 0.3 is 0 Å². The predicted molar refractivity (Wildman–Crippen MR) is 82.6 cm³/mol. The molecule has 0 aliphatic heterocycles. The number of methoxy groups -OCH3 is 1. The number of thioether (sulfide) groups is 1. The minimum Gasteiger partial charge on any atom is -0.395 e. The molecule has 0 aromatic heterocycles. The summed E-state index contributed by atoms with van der Waals surface area (Å²) in [6.45, 7) is 3.18. The summed E-state index contributed by atoms with van der Waals surface area (Å²) in [6.07, 6.45) is 0. The highest BCUT2D eigenvalue weighted by Gasteiger charge is 2.06. The van der Waals surface area contributed by atoms with Crippen molar-refractivity contribution in [3.63, 3.8) is 0 Å². The van der Waals surface area contributed by atoms with Crippen molar-refractivity contribution in [2.45, 2.75) is 4.90 Å². The summed E-state index contributed by atoms with van der Waals surface area (Å²) >= 11 is 13.7. The van der Waals surface area contributed by atoms with E-state index in [9.17, 15) is 0 Å². The normalized spacial score (nSPS) is 11.2. The number of ether oxygens (including phenoxy) is 1. The van der Waals surface area contributed by atoms with Crippen molar-refractivity contribution < 1.29 is 9.84 Å². The average Bonchev–Trinajstić information content (AvgIpc) is 2.40. The summed E-state index contributed by atoms with van der Waals surface area (Å²) < 4.78 is 5.05. The van der Waals surface area contributed by atoms with E-state index in [1.165, 1.54) is 0 Å². The number of aliphatic hydroxyl groups excluding tert-OH is 1. The number of benzene rings is 1. The van der Waals surface area contributed by atoms with E-state index in [0.29, 0.717) is 18.2 Å². The van der Waals surface area contributed by atoms with Gasteiger partial charge in [0.1, 0.15) is 0 Å². The lowest BCUT2D eigenvalue weighted by Crippen LogP contribution is -2.32. The Kier molecular flexibility index (Phi) is 8.86. The van der Waals surface area contributed by atoms with Gasteiger partial charge < -0.3 is 9.84 Å². The highest BCUT2D eigenvalue weighted by atomic mass is 35.5. The van der Waals surface area contributed by atoms with E-state index in [1.54, 1.807) is 24.9 Å². The molecule has 0 atom stereocenters. The maximum atomic E-state index is 9.01. The van der Waals surface area contributed by atoms with E-state index < -0.39 is 0 Å². The standard InChI is InChI=1S/C13H19Cl2NO2S/c1-18-8-5-16(4-7-17)6-9-19-13-10-11(14)2-3-12(13)15/h2-3,10,17H,4-9H2,1H3. The Labute approximate surface area is 128 Å². The van der Waals surface area contributed by atoms with Crippen LogP contribution in [0.15, 0.2) is 23.1 Å². The molecule has 0 radical (unpaired) electrons. The number of aliphatic hydroxyl groups is 1. The molecule has 108 valence electrons. The zero-order valence-electron chi connectivity index (χ0n) is 10.9. The van der Waals surface area contributed by atoms with E-state index in [-0.39, 0.29) is 6.61 Å². The average molecular weight is 324 g/mol. The van der Waals surface area contributed by atoms with Gasteiger partial charge in [-0.15, -0.1) is 11.8 Å². The topological polar surface area (TPSA) is 32.7 Å². The minimum atomic E-state index is 0.159. The summed E-state index contributed by atoms with van der Waals surface area (Å²) in [5, 5.41) is 10.4. The molecule has 0 amide bonds. The summed E-state index contributed by atoms with van der Waals surface area (Å²) in [5.74, 6) is 0.893. The second-order valence-corrected chi connectivity index (χ2v) is 5.96. The molecule has 1 aromatic carbocycles. The molecule has 0 spiro atoms. The van der Waals surface area contributed by atoms with Gasteiger partial charge in [-0.1, -0.05) is 23.2 Å². The highest BCUT2D eigenvalue weighted by Crippen LogP contribution is 2.29. The van der Waals surface area contributed by atoms with E-state index in [1.807, 2.05) is 12.1 Å². The van der Waals surface area contributed by atoms with Gasteiger partial charge in [0.05, 0.1) is 18.2 Å². The Hall–Kier alpha value is 0.0300. The van der Waals surface area contributed by atoms with Gasteiger partial charge in [0.15, 0.2) is 0 Å². The fourth-order valence-electron chi connectivity index (χ4n) is 1.57. The van der Waals surface area contributed by atoms with Crippen LogP contribution in [0.2, 0.25) is 10.0 Å². The quantitative estimate of drug-likeness (QED) is 0.708. The van der Waals surface area contributed by atoms with Crippen molar-refractivity contribution in [2.75, 3.05) is 45.7 Å². The third-order valence-corrected chi connectivity index (χ3v) is 4.30. The monoisotopic (exact) mass is 323 g/mol. The lowest BCUT2D eigenvalue weighted by atomic mass is 10.4. The zero-order chi connectivity index (χ0) is 14.1. The number of hydrogen-bond acceptors (Lipinski definition) is 4. The molecule has 0 heterocycles. The van der Waals surface area contributed by atoms with Gasteiger partial charge in [0.2, 0.25) is 0 Å². The zero-order valence-corrected chi connectivity index (χ0v) is 13.3. The van der Waals surface area contributed by atoms with Crippen LogP contribution < -0.4 is 0 Å². The molecule has 6 heteroatoms. The Bertz CT molecular complexity index is 380. The van der Waals surface area contributed by atoms with Crippen molar-refractivity contribution in [1.29, 1.82) is 0 Å². The molecule has 0 fully saturated rings. The first-order valence-electron chi connectivity index (χ1n) is 6.07. The smallest absolute Gasteiger partial charge is 0.0589 e. The summed E-state index contributed by atoms with van der Waals surface area (Å²) in [4.78, 5) is 3.15. The lowest BCUT2D eigenvalue weighted by Gasteiger charge is -2.20. The number of rotatable bonds is 9. The molecule has 0 saturated carbocycles. The maximum absolute atomic E-state index is 9.01. The fourth-order valence-corrected chi connectivity index (χ4v) is 3.07. The molecule has 0 aliphatic carbocycles. The Morgan fingerprint density at radius 3 is 2.74 bits per heavy atom. The summed E-state index contributed by atoms with van der Waals surface area (Å²) in [7, 11) is 1.68. The summed E-state index contributed by atoms with van der Waals surface area (Å²) in [6, 6.07) is 5.47. The number of hydrogen-bond donors (Lipinski definition) is 1. The second kappa shape index (κ2) is 9.86. The van der Waals surface area contributed by atoms with E-state index >= 15 is 0 Å². The van der Waals surface area contributed by atoms with Crippen LogP contribution in [-0.2, 0) is 4.74 Å². The van der Waals surface area contributed by atoms with Crippen LogP contribution in [0.3, 0.4) is 0 Å². The Morgan fingerprint density at radius 2 is 2.05 bits per heavy atom. The SMILES string of the molecule is COCCN(CCO)CCSc1cc(Cl)ccc1Cl. The Balaban J connectivity index is 2.40. The molecule has 0 unspecified atom stereocenters. The maximum Gasteiger partial charge on any atom is 0.0589 e. The van der Waals surface area contributed by atoms with Crippen molar-refractivity contribution >= 4 is 35.0 Å². The first-order chi connectivity index (χ1) is 9.17. The fraction of sp³-hybridized carbons (Fsp3) is 0.538. The van der Waals surface area contributed by atoms with Gasteiger partial charge in [0.25, 0.3) is 0 Å². The van der Waals surface area contributed by atoms with E-state index in [0.717, 1.165) is 28.8 Å². The molecular weight excluding hydrogens is 305 g/mol. The van der Waals surface area contributed by atoms with E-state index in [2.05, 4.69) is 4.90 Å². The van der Waals surface area contributed by atoms with Gasteiger partial charge in [-0.2, -0.15) is 0 Å². The second-order valence-electron chi connectivity index (χ2n) is 3.98. The minimum absolute atomic E-state index is 0.159. The van der Waals surface area contributed by atoms with Crippen molar-refractivity contribution in [2.24, 2.45) is 0 Å².